The molecule has 1 atom stereocenters. The van der Waals surface area contributed by atoms with E-state index in [4.69, 9.17) is 10.6 Å². The lowest BCUT2D eigenvalue weighted by molar-refractivity contribution is 0.273. The van der Waals surface area contributed by atoms with Crippen molar-refractivity contribution in [3.05, 3.63) is 29.8 Å². The zero-order valence-electron chi connectivity index (χ0n) is 11.9. The molecule has 1 aromatic rings. The van der Waals surface area contributed by atoms with Gasteiger partial charge >= 0.3 is 0 Å². The molecular formula is C16H26N2O. The first-order chi connectivity index (χ1) is 9.35. The van der Waals surface area contributed by atoms with Crippen LogP contribution in [0.25, 0.3) is 0 Å². The van der Waals surface area contributed by atoms with Gasteiger partial charge in [0.05, 0.1) is 6.61 Å². The average Bonchev–Trinajstić information content (AvgIpc) is 2.48. The molecule has 106 valence electrons. The lowest BCUT2D eigenvalue weighted by atomic mass is 9.81. The van der Waals surface area contributed by atoms with Gasteiger partial charge in [-0.2, -0.15) is 0 Å². The van der Waals surface area contributed by atoms with Crippen molar-refractivity contribution in [1.82, 2.24) is 5.43 Å². The van der Waals surface area contributed by atoms with Gasteiger partial charge in [-0.15, -0.1) is 0 Å². The Bertz CT molecular complexity index is 358. The van der Waals surface area contributed by atoms with Crippen LogP contribution in [0.2, 0.25) is 0 Å². The summed E-state index contributed by atoms with van der Waals surface area (Å²) in [5, 5.41) is 0. The first-order valence-corrected chi connectivity index (χ1v) is 7.54. The molecular weight excluding hydrogens is 236 g/mol. The second-order valence-electron chi connectivity index (χ2n) is 5.46. The van der Waals surface area contributed by atoms with Crippen LogP contribution in [0.5, 0.6) is 5.75 Å². The molecule has 1 fully saturated rings. The van der Waals surface area contributed by atoms with Crippen LogP contribution in [-0.4, -0.2) is 6.61 Å². The number of rotatable bonds is 6. The molecule has 1 aliphatic rings. The van der Waals surface area contributed by atoms with Crippen LogP contribution in [0, 0.1) is 5.92 Å². The summed E-state index contributed by atoms with van der Waals surface area (Å²) in [6, 6.07) is 8.67. The number of hydrogen-bond acceptors (Lipinski definition) is 3. The first kappa shape index (κ1) is 14.4. The monoisotopic (exact) mass is 262 g/mol. The van der Waals surface area contributed by atoms with Gasteiger partial charge in [0.1, 0.15) is 5.75 Å². The van der Waals surface area contributed by atoms with Gasteiger partial charge in [-0.3, -0.25) is 11.3 Å². The van der Waals surface area contributed by atoms with E-state index < -0.39 is 0 Å². The van der Waals surface area contributed by atoms with E-state index in [1.165, 1.54) is 37.7 Å². The highest BCUT2D eigenvalue weighted by Gasteiger charge is 2.23. The molecule has 0 amide bonds. The molecule has 3 nitrogen and oxygen atoms in total. The Morgan fingerprint density at radius 1 is 1.21 bits per heavy atom. The fourth-order valence-corrected chi connectivity index (χ4v) is 2.96. The molecule has 2 rings (SSSR count). The summed E-state index contributed by atoms with van der Waals surface area (Å²) in [4.78, 5) is 0. The highest BCUT2D eigenvalue weighted by molar-refractivity contribution is 5.29. The maximum atomic E-state index is 5.77. The Morgan fingerprint density at radius 2 is 1.89 bits per heavy atom. The number of hydrazine groups is 1. The third-order valence-corrected chi connectivity index (χ3v) is 4.01. The third-order valence-electron chi connectivity index (χ3n) is 4.01. The van der Waals surface area contributed by atoms with E-state index in [1.54, 1.807) is 0 Å². The second kappa shape index (κ2) is 7.51. The van der Waals surface area contributed by atoms with Crippen molar-refractivity contribution in [3.63, 3.8) is 0 Å². The number of nitrogens with one attached hydrogen (secondary N) is 1. The van der Waals surface area contributed by atoms with Crippen molar-refractivity contribution in [2.45, 2.75) is 51.5 Å². The van der Waals surface area contributed by atoms with Crippen LogP contribution < -0.4 is 16.0 Å². The Hall–Kier alpha value is -1.06. The van der Waals surface area contributed by atoms with E-state index in [2.05, 4.69) is 36.6 Å². The molecule has 3 heteroatoms. The molecule has 1 aromatic carbocycles. The van der Waals surface area contributed by atoms with Crippen molar-refractivity contribution in [2.24, 2.45) is 11.8 Å². The molecule has 1 unspecified atom stereocenters. The molecule has 0 saturated heterocycles. The summed E-state index contributed by atoms with van der Waals surface area (Å²) < 4.78 is 5.62. The van der Waals surface area contributed by atoms with Crippen molar-refractivity contribution < 1.29 is 4.74 Å². The average molecular weight is 262 g/mol. The maximum Gasteiger partial charge on any atom is 0.119 e. The fraction of sp³-hybridized carbons (Fsp3) is 0.625. The minimum Gasteiger partial charge on any atom is -0.494 e. The first-order valence-electron chi connectivity index (χ1n) is 7.54. The van der Waals surface area contributed by atoms with Crippen LogP contribution >= 0.6 is 0 Å². The van der Waals surface area contributed by atoms with E-state index in [1.807, 2.05) is 0 Å². The maximum absolute atomic E-state index is 5.77. The van der Waals surface area contributed by atoms with Gasteiger partial charge in [-0.1, -0.05) is 38.3 Å². The van der Waals surface area contributed by atoms with Crippen molar-refractivity contribution >= 4 is 0 Å². The quantitative estimate of drug-likeness (QED) is 0.608. The Balaban J connectivity index is 2.01. The molecule has 1 saturated carbocycles. The highest BCUT2D eigenvalue weighted by Crippen LogP contribution is 2.34. The molecule has 19 heavy (non-hydrogen) atoms. The van der Waals surface area contributed by atoms with E-state index in [9.17, 15) is 0 Å². The molecule has 0 bridgehead atoms. The SMILES string of the molecule is CCCOc1ccc(C(NN)C2CCCCC2)cc1. The number of hydrogen-bond donors (Lipinski definition) is 2. The Labute approximate surface area is 116 Å². The molecule has 0 heterocycles. The minimum atomic E-state index is 0.278. The number of benzene rings is 1. The van der Waals surface area contributed by atoms with Crippen molar-refractivity contribution in [3.8, 4) is 5.75 Å². The summed E-state index contributed by atoms with van der Waals surface area (Å²) in [5.74, 6) is 7.39. The van der Waals surface area contributed by atoms with E-state index >= 15 is 0 Å². The van der Waals surface area contributed by atoms with Gasteiger partial charge in [-0.05, 0) is 42.9 Å². The van der Waals surface area contributed by atoms with Gasteiger partial charge in [0.2, 0.25) is 0 Å². The Morgan fingerprint density at radius 3 is 2.47 bits per heavy atom. The van der Waals surface area contributed by atoms with Crippen molar-refractivity contribution in [1.29, 1.82) is 0 Å². The smallest absolute Gasteiger partial charge is 0.119 e. The van der Waals surface area contributed by atoms with E-state index in [-0.39, 0.29) is 6.04 Å². The van der Waals surface area contributed by atoms with Gasteiger partial charge in [0.15, 0.2) is 0 Å². The van der Waals surface area contributed by atoms with Crippen LogP contribution in [0.1, 0.15) is 57.1 Å². The van der Waals surface area contributed by atoms with Gasteiger partial charge in [0.25, 0.3) is 0 Å². The molecule has 1 aliphatic carbocycles. The summed E-state index contributed by atoms with van der Waals surface area (Å²) >= 11 is 0. The topological polar surface area (TPSA) is 47.3 Å². The van der Waals surface area contributed by atoms with Crippen molar-refractivity contribution in [2.75, 3.05) is 6.61 Å². The minimum absolute atomic E-state index is 0.278. The predicted molar refractivity (Wildman–Crippen MR) is 78.9 cm³/mol. The predicted octanol–water partition coefficient (Wildman–Crippen LogP) is 3.56. The Kier molecular flexibility index (Phi) is 5.67. The van der Waals surface area contributed by atoms with E-state index in [0.717, 1.165) is 18.8 Å². The summed E-state index contributed by atoms with van der Waals surface area (Å²) in [5.41, 5.74) is 4.29. The zero-order valence-corrected chi connectivity index (χ0v) is 11.9. The number of ether oxygens (including phenoxy) is 1. The van der Waals surface area contributed by atoms with E-state index in [0.29, 0.717) is 5.92 Å². The van der Waals surface area contributed by atoms with Crippen LogP contribution in [0.4, 0.5) is 0 Å². The van der Waals surface area contributed by atoms with Crippen LogP contribution in [-0.2, 0) is 0 Å². The standard InChI is InChI=1S/C16H26N2O/c1-2-12-19-15-10-8-14(9-11-15)16(18-17)13-6-4-3-5-7-13/h8-11,13,16,18H,2-7,12,17H2,1H3. The van der Waals surface area contributed by atoms with Crippen LogP contribution in [0.15, 0.2) is 24.3 Å². The zero-order chi connectivity index (χ0) is 13.5. The summed E-state index contributed by atoms with van der Waals surface area (Å²) in [6.07, 6.45) is 7.64. The summed E-state index contributed by atoms with van der Waals surface area (Å²) in [7, 11) is 0. The molecule has 0 aromatic heterocycles. The van der Waals surface area contributed by atoms with Crippen LogP contribution in [0.3, 0.4) is 0 Å². The molecule has 3 N–H and O–H groups in total. The fourth-order valence-electron chi connectivity index (χ4n) is 2.96. The van der Waals surface area contributed by atoms with Gasteiger partial charge in [-0.25, -0.2) is 0 Å². The summed E-state index contributed by atoms with van der Waals surface area (Å²) in [6.45, 7) is 2.90. The highest BCUT2D eigenvalue weighted by atomic mass is 16.5. The normalized spacial score (nSPS) is 18.2. The van der Waals surface area contributed by atoms with Gasteiger partial charge in [0, 0.05) is 6.04 Å². The third kappa shape index (κ3) is 3.95. The lowest BCUT2D eigenvalue weighted by Gasteiger charge is -2.30. The van der Waals surface area contributed by atoms with Gasteiger partial charge < -0.3 is 4.74 Å². The largest absolute Gasteiger partial charge is 0.494 e. The molecule has 0 radical (unpaired) electrons. The lowest BCUT2D eigenvalue weighted by Crippen LogP contribution is -2.34. The molecule has 0 aliphatic heterocycles. The molecule has 0 spiro atoms. The number of nitrogens with two attached hydrogens (primary N) is 1. The second-order valence-corrected chi connectivity index (χ2v) is 5.46.